The third-order valence-electron chi connectivity index (χ3n) is 1.53. The minimum atomic E-state index is 0.273. The number of nitrogens with two attached hydrogens (primary N) is 1. The lowest BCUT2D eigenvalue weighted by Crippen LogP contribution is -1.79. The van der Waals surface area contributed by atoms with Crippen LogP contribution in [0, 0.1) is 0 Å². The Labute approximate surface area is 79.3 Å². The Balaban J connectivity index is 2.46. The molecule has 0 fully saturated rings. The van der Waals surface area contributed by atoms with E-state index in [1.807, 2.05) is 0 Å². The Hall–Kier alpha value is -1.55. The van der Waals surface area contributed by atoms with Crippen LogP contribution in [0.2, 0.25) is 5.02 Å². The molecule has 0 aromatic carbocycles. The van der Waals surface area contributed by atoms with Crippen molar-refractivity contribution in [1.82, 2.24) is 10.1 Å². The summed E-state index contributed by atoms with van der Waals surface area (Å²) >= 11 is 5.75. The Morgan fingerprint density at radius 2 is 2.15 bits per heavy atom. The zero-order valence-electron chi connectivity index (χ0n) is 6.57. The van der Waals surface area contributed by atoms with E-state index in [9.17, 15) is 0 Å². The molecule has 0 saturated heterocycles. The second-order valence-corrected chi connectivity index (χ2v) is 2.94. The lowest BCUT2D eigenvalue weighted by Gasteiger charge is -1.93. The number of anilines is 1. The predicted octanol–water partition coefficient (Wildman–Crippen LogP) is 1.97. The molecule has 2 aromatic rings. The standard InChI is InChI=1S/C8H6ClN3O/c9-6-1-5(3-11-4-6)7-2-8(10)13-12-7/h1-4H,10H2. The fourth-order valence-electron chi connectivity index (χ4n) is 0.977. The molecule has 0 aliphatic heterocycles. The molecule has 0 aliphatic carbocycles. The van der Waals surface area contributed by atoms with Crippen molar-refractivity contribution in [3.05, 3.63) is 29.5 Å². The molecule has 66 valence electrons. The lowest BCUT2D eigenvalue weighted by molar-refractivity contribution is 0.439. The Bertz CT molecular complexity index is 427. The highest BCUT2D eigenvalue weighted by Gasteiger charge is 2.04. The smallest absolute Gasteiger partial charge is 0.222 e. The van der Waals surface area contributed by atoms with E-state index in [0.29, 0.717) is 10.7 Å². The first-order chi connectivity index (χ1) is 6.25. The monoisotopic (exact) mass is 195 g/mol. The first-order valence-corrected chi connectivity index (χ1v) is 3.96. The molecule has 0 amide bonds. The summed E-state index contributed by atoms with van der Waals surface area (Å²) in [7, 11) is 0. The molecule has 0 aliphatic rings. The zero-order chi connectivity index (χ0) is 9.26. The van der Waals surface area contributed by atoms with Crippen molar-refractivity contribution >= 4 is 17.5 Å². The van der Waals surface area contributed by atoms with Crippen molar-refractivity contribution in [2.45, 2.75) is 0 Å². The van der Waals surface area contributed by atoms with Crippen LogP contribution in [0.5, 0.6) is 0 Å². The van der Waals surface area contributed by atoms with E-state index in [0.717, 1.165) is 5.56 Å². The van der Waals surface area contributed by atoms with Gasteiger partial charge in [-0.3, -0.25) is 4.98 Å². The molecule has 4 nitrogen and oxygen atoms in total. The van der Waals surface area contributed by atoms with Crippen LogP contribution in [0.25, 0.3) is 11.3 Å². The Morgan fingerprint density at radius 3 is 2.77 bits per heavy atom. The van der Waals surface area contributed by atoms with E-state index < -0.39 is 0 Å². The number of hydrogen-bond acceptors (Lipinski definition) is 4. The first-order valence-electron chi connectivity index (χ1n) is 3.59. The van der Waals surface area contributed by atoms with Crippen LogP contribution in [0.1, 0.15) is 0 Å². The maximum absolute atomic E-state index is 5.75. The SMILES string of the molecule is Nc1cc(-c2cncc(Cl)c2)no1. The van der Waals surface area contributed by atoms with Crippen LogP contribution in [0.15, 0.2) is 29.0 Å². The second-order valence-electron chi connectivity index (χ2n) is 2.51. The fraction of sp³-hybridized carbons (Fsp3) is 0. The fourth-order valence-corrected chi connectivity index (χ4v) is 1.15. The summed E-state index contributed by atoms with van der Waals surface area (Å²) < 4.78 is 4.72. The highest BCUT2D eigenvalue weighted by atomic mass is 35.5. The van der Waals surface area contributed by atoms with E-state index >= 15 is 0 Å². The number of halogens is 1. The van der Waals surface area contributed by atoms with Gasteiger partial charge in [0.05, 0.1) is 5.02 Å². The number of nitrogen functional groups attached to an aromatic ring is 1. The zero-order valence-corrected chi connectivity index (χ0v) is 7.32. The number of rotatable bonds is 1. The number of hydrogen-bond donors (Lipinski definition) is 1. The largest absolute Gasteiger partial charge is 0.368 e. The summed E-state index contributed by atoms with van der Waals surface area (Å²) in [6.45, 7) is 0. The van der Waals surface area contributed by atoms with Gasteiger partial charge in [-0.2, -0.15) is 0 Å². The second kappa shape index (κ2) is 3.06. The average Bonchev–Trinajstić information content (AvgIpc) is 2.52. The first kappa shape index (κ1) is 8.07. The molecule has 0 saturated carbocycles. The summed E-state index contributed by atoms with van der Waals surface area (Å²) in [6, 6.07) is 3.36. The van der Waals surface area contributed by atoms with E-state index in [1.165, 1.54) is 0 Å². The van der Waals surface area contributed by atoms with Gasteiger partial charge in [-0.15, -0.1) is 0 Å². The predicted molar refractivity (Wildman–Crippen MR) is 49.2 cm³/mol. The molecular formula is C8H6ClN3O. The Morgan fingerprint density at radius 1 is 1.31 bits per heavy atom. The molecular weight excluding hydrogens is 190 g/mol. The van der Waals surface area contributed by atoms with Crippen molar-refractivity contribution in [2.75, 3.05) is 5.73 Å². The van der Waals surface area contributed by atoms with Crippen molar-refractivity contribution in [3.8, 4) is 11.3 Å². The minimum Gasteiger partial charge on any atom is -0.368 e. The average molecular weight is 196 g/mol. The Kier molecular flexibility index (Phi) is 1.90. The molecule has 0 bridgehead atoms. The number of pyridine rings is 1. The van der Waals surface area contributed by atoms with Crippen LogP contribution in [-0.4, -0.2) is 10.1 Å². The quantitative estimate of drug-likeness (QED) is 0.756. The normalized spacial score (nSPS) is 10.2. The highest BCUT2D eigenvalue weighted by Crippen LogP contribution is 2.21. The van der Waals surface area contributed by atoms with Gasteiger partial charge >= 0.3 is 0 Å². The van der Waals surface area contributed by atoms with Gasteiger partial charge in [-0.25, -0.2) is 0 Å². The lowest BCUT2D eigenvalue weighted by atomic mass is 10.2. The molecule has 2 heterocycles. The third-order valence-corrected chi connectivity index (χ3v) is 1.74. The summed E-state index contributed by atoms with van der Waals surface area (Å²) in [4.78, 5) is 3.92. The molecule has 0 unspecified atom stereocenters. The maximum Gasteiger partial charge on any atom is 0.222 e. The van der Waals surface area contributed by atoms with E-state index in [-0.39, 0.29) is 5.88 Å². The molecule has 2 aromatic heterocycles. The molecule has 13 heavy (non-hydrogen) atoms. The molecule has 0 spiro atoms. The molecule has 0 atom stereocenters. The molecule has 2 rings (SSSR count). The minimum absolute atomic E-state index is 0.273. The third kappa shape index (κ3) is 1.62. The van der Waals surface area contributed by atoms with Gasteiger partial charge in [-0.1, -0.05) is 16.8 Å². The highest BCUT2D eigenvalue weighted by molar-refractivity contribution is 6.30. The van der Waals surface area contributed by atoms with Crippen molar-refractivity contribution in [2.24, 2.45) is 0 Å². The van der Waals surface area contributed by atoms with Crippen molar-refractivity contribution in [1.29, 1.82) is 0 Å². The summed E-state index contributed by atoms with van der Waals surface area (Å²) in [5, 5.41) is 4.28. The molecule has 5 heteroatoms. The van der Waals surface area contributed by atoms with Gasteiger partial charge in [0, 0.05) is 24.0 Å². The molecule has 2 N–H and O–H groups in total. The number of aromatic nitrogens is 2. The van der Waals surface area contributed by atoms with Crippen LogP contribution < -0.4 is 5.73 Å². The van der Waals surface area contributed by atoms with E-state index in [4.69, 9.17) is 21.9 Å². The van der Waals surface area contributed by atoms with Gasteiger partial charge in [0.1, 0.15) is 5.69 Å². The van der Waals surface area contributed by atoms with E-state index in [2.05, 4.69) is 10.1 Å². The molecule has 0 radical (unpaired) electrons. The van der Waals surface area contributed by atoms with Crippen LogP contribution >= 0.6 is 11.6 Å². The van der Waals surface area contributed by atoms with Gasteiger partial charge < -0.3 is 10.3 Å². The van der Waals surface area contributed by atoms with Gasteiger partial charge in [0.15, 0.2) is 0 Å². The van der Waals surface area contributed by atoms with E-state index in [1.54, 1.807) is 24.5 Å². The van der Waals surface area contributed by atoms with Crippen LogP contribution in [0.4, 0.5) is 5.88 Å². The summed E-state index contributed by atoms with van der Waals surface area (Å²) in [5.41, 5.74) is 6.79. The topological polar surface area (TPSA) is 64.9 Å². The van der Waals surface area contributed by atoms with Gasteiger partial charge in [0.25, 0.3) is 0 Å². The maximum atomic E-state index is 5.75. The number of nitrogens with zero attached hydrogens (tertiary/aromatic N) is 2. The van der Waals surface area contributed by atoms with Crippen LogP contribution in [-0.2, 0) is 0 Å². The van der Waals surface area contributed by atoms with Crippen molar-refractivity contribution in [3.63, 3.8) is 0 Å². The van der Waals surface area contributed by atoms with Gasteiger partial charge in [-0.05, 0) is 6.07 Å². The summed E-state index contributed by atoms with van der Waals surface area (Å²) in [6.07, 6.45) is 3.19. The van der Waals surface area contributed by atoms with Crippen LogP contribution in [0.3, 0.4) is 0 Å². The van der Waals surface area contributed by atoms with Gasteiger partial charge in [0.2, 0.25) is 5.88 Å². The van der Waals surface area contributed by atoms with Crippen molar-refractivity contribution < 1.29 is 4.52 Å². The summed E-state index contributed by atoms with van der Waals surface area (Å²) in [5.74, 6) is 0.273.